The summed E-state index contributed by atoms with van der Waals surface area (Å²) in [6, 6.07) is 23.3. The molecule has 2 aliphatic rings. The van der Waals surface area contributed by atoms with E-state index < -0.39 is 11.5 Å². The Bertz CT molecular complexity index is 1140. The Balaban J connectivity index is 1.57. The van der Waals surface area contributed by atoms with Gasteiger partial charge in [0, 0.05) is 17.8 Å². The summed E-state index contributed by atoms with van der Waals surface area (Å²) >= 11 is 0. The van der Waals surface area contributed by atoms with E-state index in [4.69, 9.17) is 0 Å². The molecule has 2 amide bonds. The van der Waals surface area contributed by atoms with Crippen LogP contribution in [0.3, 0.4) is 0 Å². The largest absolute Gasteiger partial charge is 0.351 e. The Morgan fingerprint density at radius 3 is 2.31 bits per heavy atom. The molecule has 1 spiro atoms. The van der Waals surface area contributed by atoms with Crippen LogP contribution >= 0.6 is 0 Å². The number of benzene rings is 3. The maximum absolute atomic E-state index is 13.7. The van der Waals surface area contributed by atoms with Gasteiger partial charge in [-0.3, -0.25) is 9.59 Å². The summed E-state index contributed by atoms with van der Waals surface area (Å²) in [5, 5.41) is 3.07. The Morgan fingerprint density at radius 2 is 1.59 bits per heavy atom. The fourth-order valence-electron chi connectivity index (χ4n) is 5.41. The quantitative estimate of drug-likeness (QED) is 0.621. The van der Waals surface area contributed by atoms with E-state index in [0.717, 1.165) is 42.5 Å². The Labute approximate surface area is 187 Å². The molecule has 5 heteroatoms. The van der Waals surface area contributed by atoms with Crippen molar-refractivity contribution in [3.8, 4) is 0 Å². The first kappa shape index (κ1) is 20.4. The molecule has 1 fully saturated rings. The van der Waals surface area contributed by atoms with Gasteiger partial charge in [-0.15, -0.1) is 0 Å². The number of rotatable bonds is 4. The van der Waals surface area contributed by atoms with Crippen LogP contribution in [0.25, 0.3) is 0 Å². The van der Waals surface area contributed by atoms with Gasteiger partial charge in [-0.05, 0) is 54.3 Å². The Hall–Kier alpha value is -3.47. The summed E-state index contributed by atoms with van der Waals surface area (Å²) in [6.45, 7) is 0.313. The third-order valence-corrected chi connectivity index (χ3v) is 6.81. The summed E-state index contributed by atoms with van der Waals surface area (Å²) in [5.41, 5.74) is 2.43. The first-order chi connectivity index (χ1) is 15.6. The van der Waals surface area contributed by atoms with E-state index in [1.807, 2.05) is 59.5 Å². The second kappa shape index (κ2) is 8.23. The summed E-state index contributed by atoms with van der Waals surface area (Å²) in [7, 11) is 0. The molecule has 1 heterocycles. The van der Waals surface area contributed by atoms with Gasteiger partial charge in [0.2, 0.25) is 5.91 Å². The fourth-order valence-corrected chi connectivity index (χ4v) is 5.41. The van der Waals surface area contributed by atoms with Crippen molar-refractivity contribution in [2.45, 2.75) is 43.7 Å². The second-order valence-electron chi connectivity index (χ2n) is 8.65. The SMILES string of the molecule is O=C(NCc1ccc(F)cc1)[C@H]1c2ccccc2C(=O)N(c2ccccc2)C12CCCC2. The van der Waals surface area contributed by atoms with Crippen molar-refractivity contribution >= 4 is 17.5 Å². The lowest BCUT2D eigenvalue weighted by Gasteiger charge is -2.50. The molecule has 0 unspecified atom stereocenters. The highest BCUT2D eigenvalue weighted by atomic mass is 19.1. The van der Waals surface area contributed by atoms with Crippen molar-refractivity contribution in [1.82, 2.24) is 5.32 Å². The molecule has 5 rings (SSSR count). The van der Waals surface area contributed by atoms with Crippen LogP contribution in [0.2, 0.25) is 0 Å². The number of carbonyl (C=O) groups is 2. The molecular formula is C27H25FN2O2. The highest BCUT2D eigenvalue weighted by Crippen LogP contribution is 2.51. The van der Waals surface area contributed by atoms with Gasteiger partial charge in [-0.1, -0.05) is 61.4 Å². The van der Waals surface area contributed by atoms with Crippen molar-refractivity contribution in [2.75, 3.05) is 4.90 Å². The van der Waals surface area contributed by atoms with Crippen molar-refractivity contribution < 1.29 is 14.0 Å². The van der Waals surface area contributed by atoms with E-state index in [0.29, 0.717) is 12.1 Å². The molecule has 0 aromatic heterocycles. The smallest absolute Gasteiger partial charge is 0.259 e. The minimum atomic E-state index is -0.598. The molecule has 162 valence electrons. The number of fused-ring (bicyclic) bond motifs is 1. The summed E-state index contributed by atoms with van der Waals surface area (Å²) < 4.78 is 13.3. The Kier molecular flexibility index (Phi) is 5.25. The summed E-state index contributed by atoms with van der Waals surface area (Å²) in [4.78, 5) is 29.3. The van der Waals surface area contributed by atoms with Gasteiger partial charge in [-0.2, -0.15) is 0 Å². The topological polar surface area (TPSA) is 49.4 Å². The minimum absolute atomic E-state index is 0.0451. The van der Waals surface area contributed by atoms with Gasteiger partial charge >= 0.3 is 0 Å². The van der Waals surface area contributed by atoms with Crippen LogP contribution < -0.4 is 10.2 Å². The molecule has 1 aliphatic carbocycles. The van der Waals surface area contributed by atoms with Crippen LogP contribution in [0, 0.1) is 5.82 Å². The van der Waals surface area contributed by atoms with Crippen LogP contribution in [-0.2, 0) is 11.3 Å². The van der Waals surface area contributed by atoms with E-state index in [1.54, 1.807) is 12.1 Å². The number of nitrogens with one attached hydrogen (secondary N) is 1. The predicted octanol–water partition coefficient (Wildman–Crippen LogP) is 5.20. The third kappa shape index (κ3) is 3.38. The number of nitrogens with zero attached hydrogens (tertiary/aromatic N) is 1. The molecule has 0 radical (unpaired) electrons. The first-order valence-electron chi connectivity index (χ1n) is 11.1. The fraction of sp³-hybridized carbons (Fsp3) is 0.259. The summed E-state index contributed by atoms with van der Waals surface area (Å²) in [6.07, 6.45) is 3.49. The number of amides is 2. The minimum Gasteiger partial charge on any atom is -0.351 e. The van der Waals surface area contributed by atoms with Crippen molar-refractivity contribution in [3.05, 3.63) is 101 Å². The zero-order valence-electron chi connectivity index (χ0n) is 17.8. The van der Waals surface area contributed by atoms with E-state index in [-0.39, 0.29) is 17.6 Å². The van der Waals surface area contributed by atoms with Gasteiger partial charge in [0.25, 0.3) is 5.91 Å². The third-order valence-electron chi connectivity index (χ3n) is 6.81. The van der Waals surface area contributed by atoms with E-state index >= 15 is 0 Å². The maximum atomic E-state index is 13.7. The lowest BCUT2D eigenvalue weighted by atomic mass is 9.70. The lowest BCUT2D eigenvalue weighted by molar-refractivity contribution is -0.124. The van der Waals surface area contributed by atoms with Crippen molar-refractivity contribution in [2.24, 2.45) is 0 Å². The van der Waals surface area contributed by atoms with Gasteiger partial charge in [0.05, 0.1) is 11.5 Å². The average molecular weight is 429 g/mol. The number of hydrogen-bond donors (Lipinski definition) is 1. The molecule has 0 bridgehead atoms. The van der Waals surface area contributed by atoms with Gasteiger partial charge in [0.1, 0.15) is 5.82 Å². The normalized spacial score (nSPS) is 19.1. The van der Waals surface area contributed by atoms with E-state index in [9.17, 15) is 14.0 Å². The number of para-hydroxylation sites is 1. The first-order valence-corrected chi connectivity index (χ1v) is 11.1. The van der Waals surface area contributed by atoms with Crippen LogP contribution in [0.15, 0.2) is 78.9 Å². The molecule has 4 nitrogen and oxygen atoms in total. The molecule has 1 saturated carbocycles. The highest BCUT2D eigenvalue weighted by molar-refractivity contribution is 6.12. The average Bonchev–Trinajstić information content (AvgIpc) is 3.29. The second-order valence-corrected chi connectivity index (χ2v) is 8.65. The van der Waals surface area contributed by atoms with Crippen LogP contribution in [0.4, 0.5) is 10.1 Å². The molecule has 0 saturated heterocycles. The number of carbonyl (C=O) groups excluding carboxylic acids is 2. The predicted molar refractivity (Wildman–Crippen MR) is 122 cm³/mol. The van der Waals surface area contributed by atoms with Crippen LogP contribution in [0.5, 0.6) is 0 Å². The van der Waals surface area contributed by atoms with Crippen molar-refractivity contribution in [1.29, 1.82) is 0 Å². The van der Waals surface area contributed by atoms with Gasteiger partial charge in [0.15, 0.2) is 0 Å². The highest BCUT2D eigenvalue weighted by Gasteiger charge is 2.56. The maximum Gasteiger partial charge on any atom is 0.259 e. The molecule has 1 N–H and O–H groups in total. The molecule has 3 aromatic carbocycles. The zero-order valence-corrected chi connectivity index (χ0v) is 17.8. The van der Waals surface area contributed by atoms with Gasteiger partial charge < -0.3 is 10.2 Å². The van der Waals surface area contributed by atoms with E-state index in [1.165, 1.54) is 12.1 Å². The van der Waals surface area contributed by atoms with E-state index in [2.05, 4.69) is 5.32 Å². The molecule has 32 heavy (non-hydrogen) atoms. The van der Waals surface area contributed by atoms with Gasteiger partial charge in [-0.25, -0.2) is 4.39 Å². The van der Waals surface area contributed by atoms with Crippen LogP contribution in [-0.4, -0.2) is 17.4 Å². The summed E-state index contributed by atoms with van der Waals surface area (Å²) in [5.74, 6) is -0.920. The number of hydrogen-bond acceptors (Lipinski definition) is 2. The number of halogens is 1. The Morgan fingerprint density at radius 1 is 0.938 bits per heavy atom. The molecule has 1 atom stereocenters. The monoisotopic (exact) mass is 428 g/mol. The van der Waals surface area contributed by atoms with Crippen LogP contribution in [0.1, 0.15) is 53.1 Å². The molecule has 3 aromatic rings. The number of anilines is 1. The zero-order chi connectivity index (χ0) is 22.1. The molecule has 1 aliphatic heterocycles. The standard InChI is InChI=1S/C27H25FN2O2/c28-20-14-12-19(13-15-20)18-29-25(31)24-22-10-4-5-11-23(22)26(32)30(21-8-2-1-3-9-21)27(24)16-6-7-17-27/h1-5,8-15,24H,6-7,16-18H2,(H,29,31)/t24-/m1/s1. The van der Waals surface area contributed by atoms with Crippen molar-refractivity contribution in [3.63, 3.8) is 0 Å². The lowest BCUT2D eigenvalue weighted by Crippen LogP contribution is -2.61. The molecular weight excluding hydrogens is 403 g/mol.